The summed E-state index contributed by atoms with van der Waals surface area (Å²) < 4.78 is 18.3. The third-order valence-corrected chi connectivity index (χ3v) is 7.03. The molecule has 1 saturated heterocycles. The topological polar surface area (TPSA) is 81.5 Å². The summed E-state index contributed by atoms with van der Waals surface area (Å²) in [5.74, 6) is -0.303. The number of piperidine rings is 1. The van der Waals surface area contributed by atoms with Crippen molar-refractivity contribution < 1.29 is 9.18 Å². The second-order valence-electron chi connectivity index (χ2n) is 9.52. The molecule has 8 heteroatoms. The highest BCUT2D eigenvalue weighted by Crippen LogP contribution is 2.32. The SMILES string of the molecule is Cc1c(-c2cc3ccc(F)cc3n2Cc2cccnc2)nc2cc(C(=O)N3CCC[C@@H](N)C3)ccn12. The average molecular weight is 483 g/mol. The molecule has 2 N–H and O–H groups in total. The lowest BCUT2D eigenvalue weighted by Gasteiger charge is -2.30. The van der Waals surface area contributed by atoms with Gasteiger partial charge in [0.05, 0.1) is 11.2 Å². The van der Waals surface area contributed by atoms with Crippen molar-refractivity contribution in [1.82, 2.24) is 23.8 Å². The first-order chi connectivity index (χ1) is 17.5. The van der Waals surface area contributed by atoms with Gasteiger partial charge in [0.1, 0.15) is 17.2 Å². The summed E-state index contributed by atoms with van der Waals surface area (Å²) in [7, 11) is 0. The molecule has 1 aliphatic heterocycles. The summed E-state index contributed by atoms with van der Waals surface area (Å²) >= 11 is 0. The molecule has 1 fully saturated rings. The summed E-state index contributed by atoms with van der Waals surface area (Å²) in [5, 5.41) is 0.934. The van der Waals surface area contributed by atoms with Crippen molar-refractivity contribution in [3.8, 4) is 11.4 Å². The van der Waals surface area contributed by atoms with Gasteiger partial charge < -0.3 is 19.6 Å². The molecule has 1 atom stereocenters. The molecule has 0 unspecified atom stereocenters. The van der Waals surface area contributed by atoms with Crippen molar-refractivity contribution >= 4 is 22.5 Å². The van der Waals surface area contributed by atoms with Crippen molar-refractivity contribution in [2.24, 2.45) is 5.73 Å². The van der Waals surface area contributed by atoms with Crippen molar-refractivity contribution in [3.05, 3.63) is 89.8 Å². The fraction of sp³-hybridized carbons (Fsp3) is 0.250. The minimum absolute atomic E-state index is 0.0176. The standard InChI is InChI=1S/C28H27FN6O/c1-18-27(32-26-13-21(8-11-34(18)26)28(36)33-10-3-5-23(30)17-33)25-12-20-6-7-22(29)14-24(20)35(25)16-19-4-2-9-31-15-19/h2,4,6-9,11-15,23H,3,5,10,16-17,30H2,1H3/t23-/m1/s1. The molecule has 4 aromatic heterocycles. The predicted molar refractivity (Wildman–Crippen MR) is 137 cm³/mol. The van der Waals surface area contributed by atoms with Crippen LogP contribution in [0.1, 0.15) is 34.5 Å². The lowest BCUT2D eigenvalue weighted by atomic mass is 10.1. The molecule has 5 aromatic rings. The number of rotatable bonds is 4. The third kappa shape index (κ3) is 3.93. The smallest absolute Gasteiger partial charge is 0.254 e. The van der Waals surface area contributed by atoms with Crippen LogP contribution < -0.4 is 5.73 Å². The first kappa shape index (κ1) is 22.4. The van der Waals surface area contributed by atoms with Crippen molar-refractivity contribution in [2.75, 3.05) is 13.1 Å². The first-order valence-corrected chi connectivity index (χ1v) is 12.2. The number of hydrogen-bond acceptors (Lipinski definition) is 4. The van der Waals surface area contributed by atoms with Crippen LogP contribution in [0.4, 0.5) is 4.39 Å². The van der Waals surface area contributed by atoms with Crippen LogP contribution in [0.2, 0.25) is 0 Å². The van der Waals surface area contributed by atoms with Gasteiger partial charge in [-0.05, 0) is 67.8 Å². The number of fused-ring (bicyclic) bond motifs is 2. The van der Waals surface area contributed by atoms with E-state index in [1.807, 2.05) is 58.9 Å². The Morgan fingerprint density at radius 1 is 1.19 bits per heavy atom. The van der Waals surface area contributed by atoms with E-state index in [0.717, 1.165) is 52.9 Å². The molecule has 0 bridgehead atoms. The van der Waals surface area contributed by atoms with E-state index < -0.39 is 0 Å². The number of benzene rings is 1. The Morgan fingerprint density at radius 3 is 2.89 bits per heavy atom. The van der Waals surface area contributed by atoms with Gasteiger partial charge >= 0.3 is 0 Å². The highest BCUT2D eigenvalue weighted by Gasteiger charge is 2.24. The van der Waals surface area contributed by atoms with Crippen LogP contribution >= 0.6 is 0 Å². The van der Waals surface area contributed by atoms with Crippen LogP contribution in [0, 0.1) is 12.7 Å². The Hall–Kier alpha value is -4.04. The molecule has 0 radical (unpaired) electrons. The summed E-state index contributed by atoms with van der Waals surface area (Å²) in [6.45, 7) is 3.84. The molecule has 0 spiro atoms. The zero-order chi connectivity index (χ0) is 24.8. The number of aromatic nitrogens is 4. The number of nitrogens with two attached hydrogens (primary N) is 1. The largest absolute Gasteiger partial charge is 0.337 e. The van der Waals surface area contributed by atoms with Crippen molar-refractivity contribution in [1.29, 1.82) is 0 Å². The van der Waals surface area contributed by atoms with Gasteiger partial charge in [-0.1, -0.05) is 6.07 Å². The van der Waals surface area contributed by atoms with Crippen molar-refractivity contribution in [2.45, 2.75) is 32.4 Å². The number of amides is 1. The zero-order valence-electron chi connectivity index (χ0n) is 20.1. The van der Waals surface area contributed by atoms with Gasteiger partial charge in [-0.25, -0.2) is 9.37 Å². The van der Waals surface area contributed by atoms with E-state index >= 15 is 0 Å². The monoisotopic (exact) mass is 482 g/mol. The predicted octanol–water partition coefficient (Wildman–Crippen LogP) is 4.41. The Labute approximate surface area is 208 Å². The van der Waals surface area contributed by atoms with Crippen molar-refractivity contribution in [3.63, 3.8) is 0 Å². The van der Waals surface area contributed by atoms with Gasteiger partial charge in [0, 0.05) is 60.9 Å². The van der Waals surface area contributed by atoms with E-state index in [9.17, 15) is 9.18 Å². The Balaban J connectivity index is 1.44. The van der Waals surface area contributed by atoms with Crippen LogP contribution in [0.3, 0.4) is 0 Å². The number of carbonyl (C=O) groups is 1. The molecule has 36 heavy (non-hydrogen) atoms. The molecule has 1 aliphatic rings. The molecule has 0 saturated carbocycles. The van der Waals surface area contributed by atoms with Crippen LogP contribution in [0.5, 0.6) is 0 Å². The van der Waals surface area contributed by atoms with E-state index in [1.165, 1.54) is 6.07 Å². The number of hydrogen-bond donors (Lipinski definition) is 1. The van der Waals surface area contributed by atoms with E-state index in [-0.39, 0.29) is 17.8 Å². The minimum atomic E-state index is -0.285. The number of nitrogens with zero attached hydrogens (tertiary/aromatic N) is 5. The maximum Gasteiger partial charge on any atom is 0.254 e. The lowest BCUT2D eigenvalue weighted by molar-refractivity contribution is 0.0709. The average Bonchev–Trinajstić information content (AvgIpc) is 3.40. The second kappa shape index (κ2) is 8.87. The number of likely N-dealkylation sites (tertiary alicyclic amines) is 1. The fourth-order valence-electron chi connectivity index (χ4n) is 5.19. The van der Waals surface area contributed by atoms with Crippen LogP contribution in [0.25, 0.3) is 27.9 Å². The van der Waals surface area contributed by atoms with Gasteiger partial charge in [-0.2, -0.15) is 0 Å². The summed E-state index contributed by atoms with van der Waals surface area (Å²) in [4.78, 5) is 24.2. The molecule has 1 aromatic carbocycles. The summed E-state index contributed by atoms with van der Waals surface area (Å²) in [6, 6.07) is 14.5. The molecule has 182 valence electrons. The number of pyridine rings is 2. The highest BCUT2D eigenvalue weighted by molar-refractivity contribution is 5.95. The molecular weight excluding hydrogens is 455 g/mol. The Kier molecular flexibility index (Phi) is 5.53. The zero-order valence-corrected chi connectivity index (χ0v) is 20.1. The molecule has 1 amide bonds. The minimum Gasteiger partial charge on any atom is -0.337 e. The van der Waals surface area contributed by atoms with Crippen LogP contribution in [0.15, 0.2) is 67.1 Å². The van der Waals surface area contributed by atoms with E-state index in [1.54, 1.807) is 18.3 Å². The van der Waals surface area contributed by atoms with Crippen LogP contribution in [-0.4, -0.2) is 48.9 Å². The number of halogens is 1. The van der Waals surface area contributed by atoms with Crippen LogP contribution in [-0.2, 0) is 6.54 Å². The van der Waals surface area contributed by atoms with Gasteiger partial charge in [0.25, 0.3) is 5.91 Å². The quantitative estimate of drug-likeness (QED) is 0.411. The molecule has 5 heterocycles. The highest BCUT2D eigenvalue weighted by atomic mass is 19.1. The third-order valence-electron chi connectivity index (χ3n) is 7.03. The van der Waals surface area contributed by atoms with E-state index in [0.29, 0.717) is 24.3 Å². The normalized spacial score (nSPS) is 16.2. The molecule has 6 rings (SSSR count). The Bertz CT molecular complexity index is 1590. The number of aryl methyl sites for hydroxylation is 1. The molecule has 0 aliphatic carbocycles. The number of imidazole rings is 1. The summed E-state index contributed by atoms with van der Waals surface area (Å²) in [6.07, 6.45) is 7.31. The van der Waals surface area contributed by atoms with E-state index in [2.05, 4.69) is 9.55 Å². The van der Waals surface area contributed by atoms with Gasteiger partial charge in [-0.15, -0.1) is 0 Å². The fourth-order valence-corrected chi connectivity index (χ4v) is 5.19. The second-order valence-corrected chi connectivity index (χ2v) is 9.52. The molecular formula is C28H27FN6O. The van der Waals surface area contributed by atoms with Gasteiger partial charge in [-0.3, -0.25) is 9.78 Å². The molecule has 7 nitrogen and oxygen atoms in total. The van der Waals surface area contributed by atoms with Gasteiger partial charge in [0.2, 0.25) is 0 Å². The maximum atomic E-state index is 14.2. The summed E-state index contributed by atoms with van der Waals surface area (Å²) in [5.41, 5.74) is 11.8. The lowest BCUT2D eigenvalue weighted by Crippen LogP contribution is -2.45. The van der Waals surface area contributed by atoms with Gasteiger partial charge in [0.15, 0.2) is 0 Å². The van der Waals surface area contributed by atoms with E-state index in [4.69, 9.17) is 10.7 Å². The first-order valence-electron chi connectivity index (χ1n) is 12.2. The Morgan fingerprint density at radius 2 is 2.08 bits per heavy atom. The maximum absolute atomic E-state index is 14.2. The number of carbonyl (C=O) groups excluding carboxylic acids is 1.